The van der Waals surface area contributed by atoms with Gasteiger partial charge in [-0.3, -0.25) is 9.10 Å². The summed E-state index contributed by atoms with van der Waals surface area (Å²) in [7, 11) is -4.05. The summed E-state index contributed by atoms with van der Waals surface area (Å²) in [5, 5.41) is 0.453. The molecule has 2 aromatic rings. The third kappa shape index (κ3) is 4.85. The maximum Gasteiger partial charge on any atom is 0.326 e. The van der Waals surface area contributed by atoms with Gasteiger partial charge in [-0.05, 0) is 55.6 Å². The van der Waals surface area contributed by atoms with Crippen LogP contribution in [0.15, 0.2) is 52.3 Å². The van der Waals surface area contributed by atoms with E-state index in [1.54, 1.807) is 19.1 Å². The molecular weight excluding hydrogens is 417 g/mol. The quantitative estimate of drug-likeness (QED) is 0.475. The van der Waals surface area contributed by atoms with E-state index in [1.165, 1.54) is 42.1 Å². The Labute approximate surface area is 167 Å². The lowest BCUT2D eigenvalue weighted by Gasteiger charge is -2.24. The molecule has 0 aliphatic heterocycles. The molecule has 2 aromatic carbocycles. The van der Waals surface area contributed by atoms with Crippen LogP contribution in [0.25, 0.3) is 0 Å². The van der Waals surface area contributed by atoms with E-state index in [2.05, 4.69) is 0 Å². The van der Waals surface area contributed by atoms with Crippen molar-refractivity contribution in [2.45, 2.75) is 16.7 Å². The minimum atomic E-state index is -4.05. The number of nitrogens with zero attached hydrogens (tertiary/aromatic N) is 1. The Morgan fingerprint density at radius 2 is 1.81 bits per heavy atom. The monoisotopic (exact) mass is 433 g/mol. The molecule has 0 radical (unpaired) electrons. The lowest BCUT2D eigenvalue weighted by Crippen LogP contribution is -2.36. The first-order valence-corrected chi connectivity index (χ1v) is 11.0. The van der Waals surface area contributed by atoms with Crippen LogP contribution in [0.2, 0.25) is 10.0 Å². The zero-order valence-corrected chi connectivity index (χ0v) is 17.3. The molecule has 0 aliphatic carbocycles. The van der Waals surface area contributed by atoms with E-state index >= 15 is 0 Å². The predicted molar refractivity (Wildman–Crippen MR) is 106 cm³/mol. The van der Waals surface area contributed by atoms with Gasteiger partial charge >= 0.3 is 5.97 Å². The normalized spacial score (nSPS) is 11.2. The molecule has 0 aromatic heterocycles. The SMILES string of the molecule is CCOC(=O)CN(c1cc(Cl)ccc1Cl)S(=O)(=O)c1ccc(SC)cc1. The number of carbonyl (C=O) groups is 1. The lowest BCUT2D eigenvalue weighted by atomic mass is 10.3. The molecule has 9 heteroatoms. The lowest BCUT2D eigenvalue weighted by molar-refractivity contribution is -0.141. The molecule has 0 unspecified atom stereocenters. The van der Waals surface area contributed by atoms with Crippen LogP contribution < -0.4 is 4.31 Å². The molecular formula is C17H17Cl2NO4S2. The van der Waals surface area contributed by atoms with Gasteiger partial charge in [0.2, 0.25) is 0 Å². The van der Waals surface area contributed by atoms with Gasteiger partial charge in [0.05, 0.1) is 22.2 Å². The van der Waals surface area contributed by atoms with Crippen molar-refractivity contribution in [2.24, 2.45) is 0 Å². The highest BCUT2D eigenvalue weighted by molar-refractivity contribution is 7.98. The highest BCUT2D eigenvalue weighted by atomic mass is 35.5. The molecule has 0 fully saturated rings. The Morgan fingerprint density at radius 1 is 1.15 bits per heavy atom. The summed E-state index contributed by atoms with van der Waals surface area (Å²) < 4.78 is 32.1. The number of rotatable bonds is 7. The van der Waals surface area contributed by atoms with E-state index in [4.69, 9.17) is 27.9 Å². The number of esters is 1. The number of hydrogen-bond donors (Lipinski definition) is 0. The van der Waals surface area contributed by atoms with Crippen molar-refractivity contribution < 1.29 is 17.9 Å². The Hall–Kier alpha value is -1.41. The van der Waals surface area contributed by atoms with Crippen molar-refractivity contribution in [3.05, 3.63) is 52.5 Å². The molecule has 0 amide bonds. The van der Waals surface area contributed by atoms with Gasteiger partial charge in [0.15, 0.2) is 0 Å². The predicted octanol–water partition coefficient (Wildman–Crippen LogP) is 4.47. The van der Waals surface area contributed by atoms with E-state index in [0.717, 1.165) is 9.20 Å². The molecule has 0 saturated carbocycles. The highest BCUT2D eigenvalue weighted by Crippen LogP contribution is 2.33. The largest absolute Gasteiger partial charge is 0.465 e. The number of carbonyl (C=O) groups excluding carboxylic acids is 1. The molecule has 0 bridgehead atoms. The Bertz CT molecular complexity index is 886. The van der Waals surface area contributed by atoms with Gasteiger partial charge in [-0.15, -0.1) is 11.8 Å². The van der Waals surface area contributed by atoms with Crippen molar-refractivity contribution in [1.29, 1.82) is 0 Å². The van der Waals surface area contributed by atoms with Crippen LogP contribution >= 0.6 is 35.0 Å². The van der Waals surface area contributed by atoms with Gasteiger partial charge < -0.3 is 4.74 Å². The maximum atomic E-state index is 13.1. The second-order valence-corrected chi connectivity index (χ2v) is 8.67. The number of sulfonamides is 1. The minimum Gasteiger partial charge on any atom is -0.465 e. The van der Waals surface area contributed by atoms with Gasteiger partial charge in [0.25, 0.3) is 10.0 Å². The average Bonchev–Trinajstić information content (AvgIpc) is 2.62. The molecule has 0 aliphatic rings. The van der Waals surface area contributed by atoms with Crippen LogP contribution in [0.4, 0.5) is 5.69 Å². The Kier molecular flexibility index (Phi) is 7.23. The molecule has 0 heterocycles. The van der Waals surface area contributed by atoms with Gasteiger partial charge in [-0.1, -0.05) is 23.2 Å². The van der Waals surface area contributed by atoms with Gasteiger partial charge in [0, 0.05) is 9.92 Å². The molecule has 2 rings (SSSR count). The fraction of sp³-hybridized carbons (Fsp3) is 0.235. The third-order valence-electron chi connectivity index (χ3n) is 3.40. The molecule has 5 nitrogen and oxygen atoms in total. The van der Waals surface area contributed by atoms with Crippen molar-refractivity contribution in [2.75, 3.05) is 23.7 Å². The number of anilines is 1. The number of ether oxygens (including phenoxy) is 1. The van der Waals surface area contributed by atoms with Gasteiger partial charge in [0.1, 0.15) is 6.54 Å². The van der Waals surface area contributed by atoms with Crippen LogP contribution in [0.5, 0.6) is 0 Å². The molecule has 0 spiro atoms. The minimum absolute atomic E-state index is 0.0376. The van der Waals surface area contributed by atoms with E-state index in [0.29, 0.717) is 5.02 Å². The van der Waals surface area contributed by atoms with Gasteiger partial charge in [-0.25, -0.2) is 8.42 Å². The van der Waals surface area contributed by atoms with Crippen molar-refractivity contribution in [3.8, 4) is 0 Å². The van der Waals surface area contributed by atoms with Crippen molar-refractivity contribution >= 4 is 56.6 Å². The summed E-state index contributed by atoms with van der Waals surface area (Å²) in [5.41, 5.74) is 0.112. The Balaban J connectivity index is 2.54. The molecule has 0 saturated heterocycles. The van der Waals surface area contributed by atoms with E-state index in [-0.39, 0.29) is 22.2 Å². The average molecular weight is 434 g/mol. The van der Waals surface area contributed by atoms with Crippen molar-refractivity contribution in [1.82, 2.24) is 0 Å². The molecule has 0 atom stereocenters. The number of thioether (sulfide) groups is 1. The van der Waals surface area contributed by atoms with Crippen LogP contribution in [0, 0.1) is 0 Å². The molecule has 26 heavy (non-hydrogen) atoms. The standard InChI is InChI=1S/C17H17Cl2NO4S2/c1-3-24-17(21)11-20(16-10-12(18)4-9-15(16)19)26(22,23)14-7-5-13(25-2)6-8-14/h4-10H,3,11H2,1-2H3. The Morgan fingerprint density at radius 3 is 2.38 bits per heavy atom. The first kappa shape index (κ1) is 20.9. The van der Waals surface area contributed by atoms with E-state index in [1.807, 2.05) is 6.26 Å². The van der Waals surface area contributed by atoms with Crippen LogP contribution in [0.1, 0.15) is 6.92 Å². The van der Waals surface area contributed by atoms with Gasteiger partial charge in [-0.2, -0.15) is 0 Å². The topological polar surface area (TPSA) is 63.7 Å². The zero-order valence-electron chi connectivity index (χ0n) is 14.1. The molecule has 140 valence electrons. The summed E-state index contributed by atoms with van der Waals surface area (Å²) in [6.45, 7) is 1.27. The third-order valence-corrected chi connectivity index (χ3v) is 6.47. The summed E-state index contributed by atoms with van der Waals surface area (Å²) >= 11 is 13.7. The fourth-order valence-electron chi connectivity index (χ4n) is 2.18. The molecule has 0 N–H and O–H groups in total. The van der Waals surface area contributed by atoms with Crippen LogP contribution in [0.3, 0.4) is 0 Å². The van der Waals surface area contributed by atoms with Crippen LogP contribution in [-0.2, 0) is 19.6 Å². The second kappa shape index (κ2) is 8.99. The maximum absolute atomic E-state index is 13.1. The number of hydrogen-bond acceptors (Lipinski definition) is 5. The summed E-state index contributed by atoms with van der Waals surface area (Å²) in [6, 6.07) is 10.8. The van der Waals surface area contributed by atoms with E-state index < -0.39 is 22.5 Å². The smallest absolute Gasteiger partial charge is 0.326 e. The van der Waals surface area contributed by atoms with Crippen LogP contribution in [-0.4, -0.2) is 33.8 Å². The highest BCUT2D eigenvalue weighted by Gasteiger charge is 2.29. The summed E-state index contributed by atoms with van der Waals surface area (Å²) in [4.78, 5) is 12.9. The number of benzene rings is 2. The zero-order chi connectivity index (χ0) is 19.3. The van der Waals surface area contributed by atoms with Crippen molar-refractivity contribution in [3.63, 3.8) is 0 Å². The first-order valence-electron chi connectivity index (χ1n) is 7.57. The fourth-order valence-corrected chi connectivity index (χ4v) is 4.44. The summed E-state index contributed by atoms with van der Waals surface area (Å²) in [5.74, 6) is -0.687. The van der Waals surface area contributed by atoms with E-state index in [9.17, 15) is 13.2 Å². The first-order chi connectivity index (χ1) is 12.3. The second-order valence-electron chi connectivity index (χ2n) is 5.09. The summed E-state index contributed by atoms with van der Waals surface area (Å²) in [6.07, 6.45) is 1.89. The number of halogens is 2.